The van der Waals surface area contributed by atoms with Gasteiger partial charge in [-0.25, -0.2) is 4.98 Å². The summed E-state index contributed by atoms with van der Waals surface area (Å²) in [5.74, 6) is 0. The van der Waals surface area contributed by atoms with Gasteiger partial charge in [-0.1, -0.05) is 42.1 Å². The Morgan fingerprint density at radius 1 is 1.00 bits per heavy atom. The lowest BCUT2D eigenvalue weighted by Crippen LogP contribution is -1.90. The zero-order valence-electron chi connectivity index (χ0n) is 10.6. The van der Waals surface area contributed by atoms with Crippen LogP contribution in [0, 0.1) is 0 Å². The highest BCUT2D eigenvalue weighted by molar-refractivity contribution is 7.99. The summed E-state index contributed by atoms with van der Waals surface area (Å²) >= 11 is 3.14. The fraction of sp³-hybridized carbons (Fsp3) is 0.143. The fourth-order valence-corrected chi connectivity index (χ4v) is 2.95. The average Bonchev–Trinajstić information content (AvgIpc) is 2.91. The molecule has 0 N–H and O–H groups in total. The van der Waals surface area contributed by atoms with Gasteiger partial charge in [-0.15, -0.1) is 11.8 Å². The number of hydrogen-bond donors (Lipinski definition) is 0. The SMILES string of the molecule is CSc1nc(SC)c2c(-c3ccccc3)coc2n1. The van der Waals surface area contributed by atoms with Crippen LogP contribution in [0.3, 0.4) is 0 Å². The molecule has 0 unspecified atom stereocenters. The molecule has 0 saturated carbocycles. The molecule has 3 rings (SSSR count). The Morgan fingerprint density at radius 2 is 1.79 bits per heavy atom. The minimum Gasteiger partial charge on any atom is -0.445 e. The molecule has 0 amide bonds. The Hall–Kier alpha value is -1.46. The molecule has 2 heterocycles. The predicted molar refractivity (Wildman–Crippen MR) is 80.8 cm³/mol. The van der Waals surface area contributed by atoms with Gasteiger partial charge in [-0.3, -0.25) is 0 Å². The van der Waals surface area contributed by atoms with Crippen molar-refractivity contribution in [3.05, 3.63) is 36.6 Å². The molecule has 19 heavy (non-hydrogen) atoms. The van der Waals surface area contributed by atoms with E-state index in [1.165, 1.54) is 11.8 Å². The van der Waals surface area contributed by atoms with Crippen LogP contribution in [0.2, 0.25) is 0 Å². The number of benzene rings is 1. The van der Waals surface area contributed by atoms with Gasteiger partial charge in [0.05, 0.1) is 5.39 Å². The third-order valence-electron chi connectivity index (χ3n) is 2.84. The highest BCUT2D eigenvalue weighted by Crippen LogP contribution is 2.35. The largest absolute Gasteiger partial charge is 0.445 e. The number of fused-ring (bicyclic) bond motifs is 1. The summed E-state index contributed by atoms with van der Waals surface area (Å²) in [5, 5.41) is 2.70. The summed E-state index contributed by atoms with van der Waals surface area (Å²) in [6.07, 6.45) is 5.75. The second kappa shape index (κ2) is 5.27. The second-order valence-electron chi connectivity index (χ2n) is 3.92. The standard InChI is InChI=1S/C14H12N2OS2/c1-18-13-11-10(9-6-4-3-5-7-9)8-17-12(11)15-14(16-13)19-2/h3-8H,1-2H3. The summed E-state index contributed by atoms with van der Waals surface area (Å²) in [4.78, 5) is 8.97. The first-order chi connectivity index (χ1) is 9.33. The van der Waals surface area contributed by atoms with E-state index in [-0.39, 0.29) is 0 Å². The molecule has 3 aromatic rings. The van der Waals surface area contributed by atoms with Gasteiger partial charge in [-0.2, -0.15) is 4.98 Å². The van der Waals surface area contributed by atoms with Crippen LogP contribution >= 0.6 is 23.5 Å². The van der Waals surface area contributed by atoms with Crippen molar-refractivity contribution in [2.24, 2.45) is 0 Å². The number of rotatable bonds is 3. The molecule has 0 spiro atoms. The van der Waals surface area contributed by atoms with E-state index in [0.717, 1.165) is 26.7 Å². The van der Waals surface area contributed by atoms with E-state index in [1.807, 2.05) is 30.7 Å². The molecule has 0 saturated heterocycles. The van der Waals surface area contributed by atoms with Gasteiger partial charge in [0.2, 0.25) is 5.71 Å². The maximum Gasteiger partial charge on any atom is 0.231 e. The Morgan fingerprint density at radius 3 is 2.47 bits per heavy atom. The highest BCUT2D eigenvalue weighted by Gasteiger charge is 2.15. The molecule has 1 aromatic carbocycles. The molecule has 0 radical (unpaired) electrons. The van der Waals surface area contributed by atoms with Crippen molar-refractivity contribution < 1.29 is 4.42 Å². The zero-order chi connectivity index (χ0) is 13.2. The molecule has 0 fully saturated rings. The maximum atomic E-state index is 5.61. The van der Waals surface area contributed by atoms with Crippen molar-refractivity contribution in [2.45, 2.75) is 10.2 Å². The van der Waals surface area contributed by atoms with E-state index in [0.29, 0.717) is 5.71 Å². The van der Waals surface area contributed by atoms with Gasteiger partial charge in [0.15, 0.2) is 5.16 Å². The number of furan rings is 1. The van der Waals surface area contributed by atoms with Crippen molar-refractivity contribution in [3.8, 4) is 11.1 Å². The van der Waals surface area contributed by atoms with Gasteiger partial charge in [0.25, 0.3) is 0 Å². The molecule has 0 aliphatic carbocycles. The van der Waals surface area contributed by atoms with Crippen LogP contribution < -0.4 is 0 Å². The Bertz CT molecular complexity index is 710. The van der Waals surface area contributed by atoms with Gasteiger partial charge < -0.3 is 4.42 Å². The first-order valence-electron chi connectivity index (χ1n) is 5.76. The summed E-state index contributed by atoms with van der Waals surface area (Å²) in [7, 11) is 0. The Balaban J connectivity index is 2.28. The van der Waals surface area contributed by atoms with Gasteiger partial charge >= 0.3 is 0 Å². The number of aromatic nitrogens is 2. The lowest BCUT2D eigenvalue weighted by molar-refractivity contribution is 0.596. The summed E-state index contributed by atoms with van der Waals surface area (Å²) in [6, 6.07) is 10.2. The lowest BCUT2D eigenvalue weighted by Gasteiger charge is -2.03. The third-order valence-corrected chi connectivity index (χ3v) is 4.07. The van der Waals surface area contributed by atoms with Crippen molar-refractivity contribution in [1.82, 2.24) is 9.97 Å². The number of hydrogen-bond acceptors (Lipinski definition) is 5. The fourth-order valence-electron chi connectivity index (χ4n) is 1.96. The van der Waals surface area contributed by atoms with Crippen molar-refractivity contribution in [1.29, 1.82) is 0 Å². The first-order valence-corrected chi connectivity index (χ1v) is 8.21. The zero-order valence-corrected chi connectivity index (χ0v) is 12.2. The quantitative estimate of drug-likeness (QED) is 0.407. The minimum atomic E-state index is 0.655. The summed E-state index contributed by atoms with van der Waals surface area (Å²) in [5.41, 5.74) is 2.83. The van der Waals surface area contributed by atoms with E-state index in [9.17, 15) is 0 Å². The normalized spacial score (nSPS) is 11.1. The van der Waals surface area contributed by atoms with Crippen molar-refractivity contribution in [2.75, 3.05) is 12.5 Å². The summed E-state index contributed by atoms with van der Waals surface area (Å²) < 4.78 is 5.61. The third kappa shape index (κ3) is 2.24. The minimum absolute atomic E-state index is 0.655. The molecule has 96 valence electrons. The first kappa shape index (κ1) is 12.6. The van der Waals surface area contributed by atoms with Crippen LogP contribution in [0.25, 0.3) is 22.2 Å². The Labute approximate surface area is 119 Å². The number of thioether (sulfide) groups is 2. The Kier molecular flexibility index (Phi) is 3.48. The van der Waals surface area contributed by atoms with Gasteiger partial charge in [-0.05, 0) is 18.1 Å². The van der Waals surface area contributed by atoms with Crippen molar-refractivity contribution >= 4 is 34.6 Å². The van der Waals surface area contributed by atoms with E-state index in [4.69, 9.17) is 4.42 Å². The second-order valence-corrected chi connectivity index (χ2v) is 5.48. The van der Waals surface area contributed by atoms with Crippen molar-refractivity contribution in [3.63, 3.8) is 0 Å². The highest BCUT2D eigenvalue weighted by atomic mass is 32.2. The van der Waals surface area contributed by atoms with E-state index in [1.54, 1.807) is 18.0 Å². The average molecular weight is 288 g/mol. The monoisotopic (exact) mass is 288 g/mol. The maximum absolute atomic E-state index is 5.61. The van der Waals surface area contributed by atoms with Crippen LogP contribution in [-0.4, -0.2) is 22.5 Å². The molecular weight excluding hydrogens is 276 g/mol. The van der Waals surface area contributed by atoms with E-state index >= 15 is 0 Å². The molecule has 3 nitrogen and oxygen atoms in total. The van der Waals surface area contributed by atoms with Crippen LogP contribution in [0.1, 0.15) is 0 Å². The molecule has 5 heteroatoms. The molecular formula is C14H12N2OS2. The molecule has 0 bridgehead atoms. The molecule has 0 aliphatic rings. The van der Waals surface area contributed by atoms with Crippen LogP contribution in [0.15, 0.2) is 51.2 Å². The summed E-state index contributed by atoms with van der Waals surface area (Å²) in [6.45, 7) is 0. The molecule has 2 aromatic heterocycles. The molecule has 0 atom stereocenters. The van der Waals surface area contributed by atoms with E-state index in [2.05, 4.69) is 22.1 Å². The number of nitrogens with zero attached hydrogens (tertiary/aromatic N) is 2. The van der Waals surface area contributed by atoms with Crippen LogP contribution in [0.4, 0.5) is 0 Å². The van der Waals surface area contributed by atoms with Gasteiger partial charge in [0.1, 0.15) is 11.3 Å². The lowest BCUT2D eigenvalue weighted by atomic mass is 10.1. The van der Waals surface area contributed by atoms with E-state index < -0.39 is 0 Å². The van der Waals surface area contributed by atoms with Gasteiger partial charge in [0, 0.05) is 5.56 Å². The van der Waals surface area contributed by atoms with Crippen LogP contribution in [0.5, 0.6) is 0 Å². The molecule has 0 aliphatic heterocycles. The van der Waals surface area contributed by atoms with Crippen LogP contribution in [-0.2, 0) is 0 Å². The topological polar surface area (TPSA) is 38.9 Å². The predicted octanol–water partition coefficient (Wildman–Crippen LogP) is 4.33. The smallest absolute Gasteiger partial charge is 0.231 e.